The molecule has 0 atom stereocenters. The second-order valence-electron chi connectivity index (χ2n) is 3.99. The number of rotatable bonds is 5. The Hall–Kier alpha value is -3.29. The Morgan fingerprint density at radius 3 is 2.24 bits per heavy atom. The fraction of sp³-hybridized carbons (Fsp3) is 0. The number of non-ortho nitro benzene ring substituents is 1. The Morgan fingerprint density at radius 2 is 1.62 bits per heavy atom. The van der Waals surface area contributed by atoms with Gasteiger partial charge in [-0.05, 0) is 18.2 Å². The highest BCUT2D eigenvalue weighted by Gasteiger charge is 2.09. The average molecular weight is 286 g/mol. The van der Waals surface area contributed by atoms with Crippen molar-refractivity contribution in [2.75, 3.05) is 5.43 Å². The highest BCUT2D eigenvalue weighted by atomic mass is 16.6. The number of nitrogens with zero attached hydrogens (tertiary/aromatic N) is 3. The van der Waals surface area contributed by atoms with Crippen LogP contribution in [-0.2, 0) is 0 Å². The van der Waals surface area contributed by atoms with E-state index in [0.29, 0.717) is 11.3 Å². The van der Waals surface area contributed by atoms with Crippen LogP contribution in [0.5, 0.6) is 0 Å². The molecule has 0 saturated carbocycles. The van der Waals surface area contributed by atoms with Gasteiger partial charge >= 0.3 is 0 Å². The smallest absolute Gasteiger partial charge is 0.278 e. The number of hydrogen-bond acceptors (Lipinski definition) is 6. The first-order valence-electron chi connectivity index (χ1n) is 5.85. The molecule has 1 N–H and O–H groups in total. The number of nitro benzene ring substituents is 2. The van der Waals surface area contributed by atoms with Gasteiger partial charge < -0.3 is 0 Å². The van der Waals surface area contributed by atoms with Gasteiger partial charge in [-0.2, -0.15) is 5.10 Å². The maximum absolute atomic E-state index is 10.8. The van der Waals surface area contributed by atoms with Crippen molar-refractivity contribution in [3.05, 3.63) is 74.3 Å². The van der Waals surface area contributed by atoms with Gasteiger partial charge in [-0.1, -0.05) is 12.1 Å². The van der Waals surface area contributed by atoms with Gasteiger partial charge in [-0.15, -0.1) is 0 Å². The Balaban J connectivity index is 2.09. The molecule has 0 spiro atoms. The minimum Gasteiger partial charge on any atom is -0.278 e. The largest absolute Gasteiger partial charge is 0.278 e. The molecule has 0 radical (unpaired) electrons. The summed E-state index contributed by atoms with van der Waals surface area (Å²) in [6, 6.07) is 11.8. The Bertz CT molecular complexity index is 698. The van der Waals surface area contributed by atoms with E-state index in [2.05, 4.69) is 10.5 Å². The second-order valence-corrected chi connectivity index (χ2v) is 3.99. The summed E-state index contributed by atoms with van der Waals surface area (Å²) in [5.74, 6) is 0. The molecule has 0 aliphatic rings. The van der Waals surface area contributed by atoms with E-state index in [1.54, 1.807) is 18.2 Å². The van der Waals surface area contributed by atoms with Crippen molar-refractivity contribution in [1.82, 2.24) is 0 Å². The quantitative estimate of drug-likeness (QED) is 0.516. The molecule has 0 bridgehead atoms. The van der Waals surface area contributed by atoms with E-state index in [9.17, 15) is 20.2 Å². The van der Waals surface area contributed by atoms with Crippen LogP contribution in [0.25, 0.3) is 0 Å². The number of anilines is 1. The Kier molecular flexibility index (Phi) is 4.20. The Morgan fingerprint density at radius 1 is 0.952 bits per heavy atom. The first-order chi connectivity index (χ1) is 10.1. The third-order valence-corrected chi connectivity index (χ3v) is 2.61. The minimum absolute atomic E-state index is 0.0248. The summed E-state index contributed by atoms with van der Waals surface area (Å²) in [7, 11) is 0. The monoisotopic (exact) mass is 286 g/mol. The van der Waals surface area contributed by atoms with Crippen molar-refractivity contribution in [1.29, 1.82) is 0 Å². The van der Waals surface area contributed by atoms with Crippen LogP contribution in [0.1, 0.15) is 5.56 Å². The summed E-state index contributed by atoms with van der Waals surface area (Å²) >= 11 is 0. The van der Waals surface area contributed by atoms with Crippen LogP contribution in [0.4, 0.5) is 17.1 Å². The summed E-state index contributed by atoms with van der Waals surface area (Å²) in [5.41, 5.74) is 3.47. The van der Waals surface area contributed by atoms with Crippen LogP contribution in [0, 0.1) is 20.2 Å². The lowest BCUT2D eigenvalue weighted by molar-refractivity contribution is -0.385. The highest BCUT2D eigenvalue weighted by molar-refractivity contribution is 5.85. The first-order valence-corrected chi connectivity index (χ1v) is 5.85. The third-order valence-electron chi connectivity index (χ3n) is 2.61. The molecule has 0 heterocycles. The van der Waals surface area contributed by atoms with Gasteiger partial charge in [0.1, 0.15) is 0 Å². The SMILES string of the molecule is O=[N+]([O-])c1ccc(NN=Cc2ccccc2[N+](=O)[O-])cc1. The number of hydrazone groups is 1. The van der Waals surface area contributed by atoms with Crippen LogP contribution < -0.4 is 5.43 Å². The lowest BCUT2D eigenvalue weighted by Crippen LogP contribution is -1.96. The van der Waals surface area contributed by atoms with Gasteiger partial charge in [0.15, 0.2) is 0 Å². The zero-order valence-corrected chi connectivity index (χ0v) is 10.7. The summed E-state index contributed by atoms with van der Waals surface area (Å²) < 4.78 is 0. The summed E-state index contributed by atoms with van der Waals surface area (Å²) in [6.07, 6.45) is 1.32. The number of nitrogens with one attached hydrogen (secondary N) is 1. The molecule has 8 heteroatoms. The molecule has 2 rings (SSSR count). The zero-order valence-electron chi connectivity index (χ0n) is 10.7. The molecule has 0 aliphatic heterocycles. The first kappa shape index (κ1) is 14.1. The van der Waals surface area contributed by atoms with E-state index >= 15 is 0 Å². The van der Waals surface area contributed by atoms with E-state index in [-0.39, 0.29) is 11.4 Å². The van der Waals surface area contributed by atoms with E-state index in [1.807, 2.05) is 0 Å². The highest BCUT2D eigenvalue weighted by Crippen LogP contribution is 2.17. The molecule has 2 aromatic rings. The topological polar surface area (TPSA) is 111 Å². The van der Waals surface area contributed by atoms with Gasteiger partial charge in [0, 0.05) is 18.2 Å². The number of nitro groups is 2. The van der Waals surface area contributed by atoms with Crippen molar-refractivity contribution in [2.45, 2.75) is 0 Å². The lowest BCUT2D eigenvalue weighted by Gasteiger charge is -2.00. The molecular formula is C13H10N4O4. The standard InChI is InChI=1S/C13H10N4O4/c18-16(19)12-7-5-11(6-8-12)15-14-9-10-3-1-2-4-13(10)17(20)21/h1-9,15H. The van der Waals surface area contributed by atoms with Gasteiger partial charge in [0.25, 0.3) is 11.4 Å². The van der Waals surface area contributed by atoms with Crippen molar-refractivity contribution >= 4 is 23.3 Å². The second kappa shape index (κ2) is 6.24. The maximum Gasteiger partial charge on any atom is 0.278 e. The van der Waals surface area contributed by atoms with E-state index in [1.165, 1.54) is 36.5 Å². The molecule has 0 unspecified atom stereocenters. The molecule has 21 heavy (non-hydrogen) atoms. The van der Waals surface area contributed by atoms with Crippen LogP contribution >= 0.6 is 0 Å². The molecule has 0 fully saturated rings. The third kappa shape index (κ3) is 3.60. The average Bonchev–Trinajstić information content (AvgIpc) is 2.48. The molecule has 0 aliphatic carbocycles. The fourth-order valence-corrected chi connectivity index (χ4v) is 1.60. The van der Waals surface area contributed by atoms with Crippen LogP contribution in [-0.4, -0.2) is 16.1 Å². The number of hydrogen-bond donors (Lipinski definition) is 1. The van der Waals surface area contributed by atoms with Gasteiger partial charge in [-0.3, -0.25) is 25.7 Å². The van der Waals surface area contributed by atoms with Crippen LogP contribution in [0.3, 0.4) is 0 Å². The molecule has 0 saturated heterocycles. The van der Waals surface area contributed by atoms with Gasteiger partial charge in [0.2, 0.25) is 0 Å². The number of benzene rings is 2. The fourth-order valence-electron chi connectivity index (χ4n) is 1.60. The summed E-state index contributed by atoms with van der Waals surface area (Å²) in [6.45, 7) is 0. The molecule has 8 nitrogen and oxygen atoms in total. The molecular weight excluding hydrogens is 276 g/mol. The molecule has 106 valence electrons. The Labute approximate surface area is 119 Å². The number of para-hydroxylation sites is 1. The maximum atomic E-state index is 10.8. The summed E-state index contributed by atoms with van der Waals surface area (Å²) in [5, 5.41) is 25.2. The van der Waals surface area contributed by atoms with E-state index in [4.69, 9.17) is 0 Å². The molecule has 0 amide bonds. The van der Waals surface area contributed by atoms with E-state index < -0.39 is 9.85 Å². The zero-order chi connectivity index (χ0) is 15.2. The van der Waals surface area contributed by atoms with Crippen LogP contribution in [0.15, 0.2) is 53.6 Å². The normalized spacial score (nSPS) is 10.5. The van der Waals surface area contributed by atoms with Gasteiger partial charge in [0.05, 0.1) is 27.3 Å². The minimum atomic E-state index is -0.500. The predicted molar refractivity (Wildman–Crippen MR) is 77.4 cm³/mol. The van der Waals surface area contributed by atoms with Crippen molar-refractivity contribution in [2.24, 2.45) is 5.10 Å². The lowest BCUT2D eigenvalue weighted by atomic mass is 10.2. The van der Waals surface area contributed by atoms with Crippen LogP contribution in [0.2, 0.25) is 0 Å². The van der Waals surface area contributed by atoms with Gasteiger partial charge in [-0.25, -0.2) is 0 Å². The van der Waals surface area contributed by atoms with Crippen molar-refractivity contribution < 1.29 is 9.85 Å². The summed E-state index contributed by atoms with van der Waals surface area (Å²) in [4.78, 5) is 20.3. The molecule has 0 aromatic heterocycles. The predicted octanol–water partition coefficient (Wildman–Crippen LogP) is 2.95. The van der Waals surface area contributed by atoms with Crippen molar-refractivity contribution in [3.63, 3.8) is 0 Å². The van der Waals surface area contributed by atoms with E-state index in [0.717, 1.165) is 0 Å². The van der Waals surface area contributed by atoms with Crippen molar-refractivity contribution in [3.8, 4) is 0 Å². The molecule has 2 aromatic carbocycles.